The van der Waals surface area contributed by atoms with E-state index in [0.717, 1.165) is 25.0 Å². The van der Waals surface area contributed by atoms with Crippen LogP contribution >= 0.6 is 0 Å². The predicted octanol–water partition coefficient (Wildman–Crippen LogP) is 0.845. The molecular formula is C8H10N2O2. The van der Waals surface area contributed by atoms with E-state index >= 15 is 0 Å². The van der Waals surface area contributed by atoms with E-state index < -0.39 is 12.0 Å². The van der Waals surface area contributed by atoms with Gasteiger partial charge in [-0.05, 0) is 19.3 Å². The molecule has 0 saturated carbocycles. The maximum atomic E-state index is 10.8. The highest BCUT2D eigenvalue weighted by molar-refractivity contribution is 5.72. The molecule has 2 heterocycles. The highest BCUT2D eigenvalue weighted by Gasteiger charge is 2.24. The van der Waals surface area contributed by atoms with Gasteiger partial charge < -0.3 is 9.67 Å². The molecule has 2 rings (SSSR count). The van der Waals surface area contributed by atoms with Crippen molar-refractivity contribution < 1.29 is 9.90 Å². The first kappa shape index (κ1) is 7.34. The van der Waals surface area contributed by atoms with Crippen molar-refractivity contribution in [2.24, 2.45) is 0 Å². The average Bonchev–Trinajstić information content (AvgIpc) is 2.49. The number of aromatic nitrogens is 2. The molecule has 64 valence electrons. The summed E-state index contributed by atoms with van der Waals surface area (Å²) >= 11 is 0. The standard InChI is InChI=1S/C8H10N2O2/c11-8(12)7-3-1-2-6-4-9-5-10(6)7/h4-5,7H,1-3H2,(H,11,12)/t7-/m1/s1. The highest BCUT2D eigenvalue weighted by atomic mass is 16.4. The average molecular weight is 166 g/mol. The Morgan fingerprint density at radius 3 is 3.33 bits per heavy atom. The molecule has 1 N–H and O–H groups in total. The Hall–Kier alpha value is -1.32. The van der Waals surface area contributed by atoms with E-state index in [1.165, 1.54) is 0 Å². The zero-order valence-electron chi connectivity index (χ0n) is 6.60. The number of aryl methyl sites for hydroxylation is 1. The van der Waals surface area contributed by atoms with Gasteiger partial charge >= 0.3 is 5.97 Å². The first-order valence-electron chi connectivity index (χ1n) is 4.02. The highest BCUT2D eigenvalue weighted by Crippen LogP contribution is 2.23. The van der Waals surface area contributed by atoms with Crippen molar-refractivity contribution >= 4 is 5.97 Å². The summed E-state index contributed by atoms with van der Waals surface area (Å²) in [6, 6.07) is -0.392. The molecule has 0 saturated heterocycles. The fourth-order valence-electron chi connectivity index (χ4n) is 1.66. The molecule has 1 aliphatic heterocycles. The first-order chi connectivity index (χ1) is 5.79. The van der Waals surface area contributed by atoms with Gasteiger partial charge in [-0.2, -0.15) is 0 Å². The van der Waals surface area contributed by atoms with Crippen LogP contribution in [-0.4, -0.2) is 20.6 Å². The molecule has 4 nitrogen and oxygen atoms in total. The molecule has 0 spiro atoms. The molecule has 0 aromatic carbocycles. The van der Waals surface area contributed by atoms with Crippen LogP contribution in [0.1, 0.15) is 24.6 Å². The zero-order chi connectivity index (χ0) is 8.55. The molecule has 0 bridgehead atoms. The Labute approximate surface area is 69.8 Å². The summed E-state index contributed by atoms with van der Waals surface area (Å²) in [6.07, 6.45) is 5.97. The Morgan fingerprint density at radius 2 is 2.58 bits per heavy atom. The fraction of sp³-hybridized carbons (Fsp3) is 0.500. The van der Waals surface area contributed by atoms with Gasteiger partial charge in [-0.25, -0.2) is 9.78 Å². The Morgan fingerprint density at radius 1 is 1.75 bits per heavy atom. The summed E-state index contributed by atoms with van der Waals surface area (Å²) in [6.45, 7) is 0. The van der Waals surface area contributed by atoms with Crippen molar-refractivity contribution in [1.82, 2.24) is 9.55 Å². The van der Waals surface area contributed by atoms with Crippen LogP contribution in [0.25, 0.3) is 0 Å². The topological polar surface area (TPSA) is 55.1 Å². The second-order valence-corrected chi connectivity index (χ2v) is 3.04. The van der Waals surface area contributed by atoms with Gasteiger partial charge in [0.1, 0.15) is 6.04 Å². The number of carboxylic acids is 1. The summed E-state index contributed by atoms with van der Waals surface area (Å²) in [5.74, 6) is -0.756. The van der Waals surface area contributed by atoms with Crippen LogP contribution in [0.15, 0.2) is 12.5 Å². The van der Waals surface area contributed by atoms with Crippen molar-refractivity contribution in [3.05, 3.63) is 18.2 Å². The molecule has 0 aliphatic carbocycles. The predicted molar refractivity (Wildman–Crippen MR) is 41.8 cm³/mol. The second kappa shape index (κ2) is 2.62. The van der Waals surface area contributed by atoms with Crippen molar-refractivity contribution in [1.29, 1.82) is 0 Å². The lowest BCUT2D eigenvalue weighted by Crippen LogP contribution is -2.23. The van der Waals surface area contributed by atoms with Gasteiger partial charge in [-0.1, -0.05) is 0 Å². The SMILES string of the molecule is O=C(O)[C@H]1CCCc2cncn21. The van der Waals surface area contributed by atoms with E-state index in [4.69, 9.17) is 5.11 Å². The smallest absolute Gasteiger partial charge is 0.326 e. The quantitative estimate of drug-likeness (QED) is 0.672. The van der Waals surface area contributed by atoms with E-state index in [-0.39, 0.29) is 0 Å². The third kappa shape index (κ3) is 0.995. The normalized spacial score (nSPS) is 21.8. The van der Waals surface area contributed by atoms with Gasteiger partial charge in [0, 0.05) is 11.9 Å². The first-order valence-corrected chi connectivity index (χ1v) is 4.02. The van der Waals surface area contributed by atoms with Gasteiger partial charge in [0.15, 0.2) is 0 Å². The second-order valence-electron chi connectivity index (χ2n) is 3.04. The third-order valence-corrected chi connectivity index (χ3v) is 2.28. The van der Waals surface area contributed by atoms with E-state index in [0.29, 0.717) is 0 Å². The minimum absolute atomic E-state index is 0.392. The third-order valence-electron chi connectivity index (χ3n) is 2.28. The summed E-state index contributed by atoms with van der Waals surface area (Å²) in [5.41, 5.74) is 1.04. The molecule has 1 aromatic heterocycles. The Kier molecular flexibility index (Phi) is 1.60. The maximum Gasteiger partial charge on any atom is 0.326 e. The molecule has 1 aliphatic rings. The number of imidazole rings is 1. The van der Waals surface area contributed by atoms with Crippen LogP contribution in [0, 0.1) is 0 Å². The molecule has 12 heavy (non-hydrogen) atoms. The molecule has 4 heteroatoms. The number of nitrogens with zero attached hydrogens (tertiary/aromatic N) is 2. The van der Waals surface area contributed by atoms with Gasteiger partial charge in [0.2, 0.25) is 0 Å². The number of fused-ring (bicyclic) bond motifs is 1. The summed E-state index contributed by atoms with van der Waals surface area (Å²) in [7, 11) is 0. The number of carboxylic acid groups (broad SMARTS) is 1. The van der Waals surface area contributed by atoms with Crippen molar-refractivity contribution in [2.45, 2.75) is 25.3 Å². The van der Waals surface area contributed by atoms with Crippen molar-refractivity contribution in [2.75, 3.05) is 0 Å². The summed E-state index contributed by atoms with van der Waals surface area (Å²) in [5, 5.41) is 8.85. The van der Waals surface area contributed by atoms with Crippen LogP contribution in [0.2, 0.25) is 0 Å². The van der Waals surface area contributed by atoms with Crippen LogP contribution in [0.5, 0.6) is 0 Å². The number of aliphatic carboxylic acids is 1. The number of rotatable bonds is 1. The van der Waals surface area contributed by atoms with Crippen LogP contribution in [-0.2, 0) is 11.2 Å². The number of carbonyl (C=O) groups is 1. The van der Waals surface area contributed by atoms with E-state index in [2.05, 4.69) is 4.98 Å². The van der Waals surface area contributed by atoms with Crippen molar-refractivity contribution in [3.63, 3.8) is 0 Å². The molecule has 0 amide bonds. The monoisotopic (exact) mass is 166 g/mol. The van der Waals surface area contributed by atoms with Gasteiger partial charge in [-0.15, -0.1) is 0 Å². The van der Waals surface area contributed by atoms with Crippen LogP contribution in [0.4, 0.5) is 0 Å². The summed E-state index contributed by atoms with van der Waals surface area (Å²) in [4.78, 5) is 14.7. The maximum absolute atomic E-state index is 10.8. The van der Waals surface area contributed by atoms with E-state index in [1.54, 1.807) is 17.1 Å². The molecule has 0 fully saturated rings. The lowest BCUT2D eigenvalue weighted by Gasteiger charge is -2.21. The Balaban J connectivity index is 2.37. The van der Waals surface area contributed by atoms with E-state index in [9.17, 15) is 4.79 Å². The van der Waals surface area contributed by atoms with Crippen LogP contribution < -0.4 is 0 Å². The molecule has 1 atom stereocenters. The lowest BCUT2D eigenvalue weighted by molar-refractivity contribution is -0.141. The van der Waals surface area contributed by atoms with Gasteiger partial charge in [0.25, 0.3) is 0 Å². The molecule has 0 unspecified atom stereocenters. The molecular weight excluding hydrogens is 156 g/mol. The molecule has 1 aromatic rings. The van der Waals surface area contributed by atoms with Crippen LogP contribution in [0.3, 0.4) is 0 Å². The van der Waals surface area contributed by atoms with Crippen molar-refractivity contribution in [3.8, 4) is 0 Å². The largest absolute Gasteiger partial charge is 0.480 e. The van der Waals surface area contributed by atoms with Gasteiger partial charge in [0.05, 0.1) is 6.33 Å². The molecule has 0 radical (unpaired) electrons. The number of hydrogen-bond donors (Lipinski definition) is 1. The minimum Gasteiger partial charge on any atom is -0.480 e. The van der Waals surface area contributed by atoms with E-state index in [1.807, 2.05) is 0 Å². The van der Waals surface area contributed by atoms with Gasteiger partial charge in [-0.3, -0.25) is 0 Å². The minimum atomic E-state index is -0.756. The number of hydrogen-bond acceptors (Lipinski definition) is 2. The summed E-state index contributed by atoms with van der Waals surface area (Å²) < 4.78 is 1.76. The lowest BCUT2D eigenvalue weighted by atomic mass is 10.0. The zero-order valence-corrected chi connectivity index (χ0v) is 6.60. The Bertz CT molecular complexity index is 306. The fourth-order valence-corrected chi connectivity index (χ4v) is 1.66.